The smallest absolute Gasteiger partial charge is 0.471 e. The molecule has 1 amide bonds. The van der Waals surface area contributed by atoms with E-state index < -0.39 is 29.3 Å². The third kappa shape index (κ3) is 3.28. The normalized spacial score (nSPS) is 11.0. The number of carbonyl (C=O) groups excluding carboxylic acids is 1. The lowest BCUT2D eigenvalue weighted by Crippen LogP contribution is -2.30. The Balaban J connectivity index is 3.35. The molecule has 0 aliphatic rings. The first-order valence-electron chi connectivity index (χ1n) is 4.66. The molecule has 0 heterocycles. The first-order valence-corrected chi connectivity index (χ1v) is 5.04. The van der Waals surface area contributed by atoms with E-state index in [4.69, 9.17) is 21.4 Å². The number of nitrogens with one attached hydrogen (secondary N) is 1. The van der Waals surface area contributed by atoms with Crippen LogP contribution in [0.4, 0.5) is 18.9 Å². The number of carboxylic acids is 1. The fourth-order valence-electron chi connectivity index (χ4n) is 1.25. The average Bonchev–Trinajstić information content (AvgIpc) is 2.27. The number of amides is 1. The largest absolute Gasteiger partial charge is 0.495 e. The van der Waals surface area contributed by atoms with E-state index in [1.54, 1.807) is 0 Å². The fourth-order valence-corrected chi connectivity index (χ4v) is 1.48. The summed E-state index contributed by atoms with van der Waals surface area (Å²) in [5.41, 5.74) is -1.33. The number of aromatic carboxylic acids is 1. The van der Waals surface area contributed by atoms with E-state index in [0.717, 1.165) is 19.2 Å². The molecular weight excluding hydrogens is 291 g/mol. The molecule has 0 atom stereocenters. The van der Waals surface area contributed by atoms with Crippen LogP contribution < -0.4 is 10.1 Å². The summed E-state index contributed by atoms with van der Waals surface area (Å²) in [5.74, 6) is -4.17. The van der Waals surface area contributed by atoms with Crippen LogP contribution in [0.3, 0.4) is 0 Å². The number of benzene rings is 1. The maximum atomic E-state index is 12.2. The van der Waals surface area contributed by atoms with Crippen LogP contribution in [0.5, 0.6) is 5.75 Å². The Kier molecular flexibility index (Phi) is 4.25. The van der Waals surface area contributed by atoms with Gasteiger partial charge >= 0.3 is 18.1 Å². The van der Waals surface area contributed by atoms with Crippen molar-refractivity contribution < 1.29 is 32.6 Å². The van der Waals surface area contributed by atoms with Gasteiger partial charge in [0.25, 0.3) is 0 Å². The molecule has 1 aromatic rings. The van der Waals surface area contributed by atoms with Gasteiger partial charge in [-0.15, -0.1) is 0 Å². The monoisotopic (exact) mass is 297 g/mol. The van der Waals surface area contributed by atoms with Crippen molar-refractivity contribution in [2.24, 2.45) is 0 Å². The molecule has 0 radical (unpaired) electrons. The minimum atomic E-state index is -5.16. The van der Waals surface area contributed by atoms with Gasteiger partial charge in [0.1, 0.15) is 11.3 Å². The van der Waals surface area contributed by atoms with E-state index in [9.17, 15) is 22.8 Å². The number of methoxy groups -OCH3 is 1. The molecule has 0 spiro atoms. The Morgan fingerprint density at radius 3 is 2.37 bits per heavy atom. The van der Waals surface area contributed by atoms with Crippen molar-refractivity contribution in [3.8, 4) is 5.75 Å². The predicted molar refractivity (Wildman–Crippen MR) is 59.6 cm³/mol. The summed E-state index contributed by atoms with van der Waals surface area (Å²) in [7, 11) is 1.11. The third-order valence-electron chi connectivity index (χ3n) is 2.05. The van der Waals surface area contributed by atoms with E-state index in [-0.39, 0.29) is 10.8 Å². The zero-order valence-corrected chi connectivity index (χ0v) is 10.1. The van der Waals surface area contributed by atoms with E-state index in [1.165, 1.54) is 5.32 Å². The van der Waals surface area contributed by atoms with Gasteiger partial charge in [-0.3, -0.25) is 4.79 Å². The van der Waals surface area contributed by atoms with Crippen molar-refractivity contribution in [2.75, 3.05) is 12.4 Å². The topological polar surface area (TPSA) is 75.6 Å². The van der Waals surface area contributed by atoms with Gasteiger partial charge in [0.2, 0.25) is 0 Å². The molecule has 0 saturated heterocycles. The molecular formula is C10H7ClF3NO4. The second kappa shape index (κ2) is 5.35. The second-order valence-electron chi connectivity index (χ2n) is 3.26. The van der Waals surface area contributed by atoms with Gasteiger partial charge in [0, 0.05) is 0 Å². The van der Waals surface area contributed by atoms with Gasteiger partial charge in [0.15, 0.2) is 0 Å². The van der Waals surface area contributed by atoms with Crippen LogP contribution in [0.15, 0.2) is 12.1 Å². The zero-order valence-electron chi connectivity index (χ0n) is 9.34. The summed E-state index contributed by atoms with van der Waals surface area (Å²) in [5, 5.41) is 10.0. The Morgan fingerprint density at radius 2 is 1.95 bits per heavy atom. The number of hydrogen-bond donors (Lipinski definition) is 2. The number of ether oxygens (including phenoxy) is 1. The highest BCUT2D eigenvalue weighted by molar-refractivity contribution is 6.34. The molecule has 9 heteroatoms. The van der Waals surface area contributed by atoms with E-state index in [1.807, 2.05) is 0 Å². The molecule has 0 saturated carbocycles. The van der Waals surface area contributed by atoms with Crippen molar-refractivity contribution in [3.05, 3.63) is 22.7 Å². The summed E-state index contributed by atoms with van der Waals surface area (Å²) in [4.78, 5) is 21.8. The summed E-state index contributed by atoms with van der Waals surface area (Å²) in [6, 6.07) is 2.27. The highest BCUT2D eigenvalue weighted by Crippen LogP contribution is 2.34. The van der Waals surface area contributed by atoms with E-state index >= 15 is 0 Å². The van der Waals surface area contributed by atoms with E-state index in [0.29, 0.717) is 0 Å². The predicted octanol–water partition coefficient (Wildman–Crippen LogP) is 2.55. The number of anilines is 1. The Hall–Kier alpha value is -1.96. The first-order chi connectivity index (χ1) is 8.68. The van der Waals surface area contributed by atoms with Crippen molar-refractivity contribution in [3.63, 3.8) is 0 Å². The van der Waals surface area contributed by atoms with Crippen LogP contribution in [0.1, 0.15) is 10.4 Å². The summed E-state index contributed by atoms with van der Waals surface area (Å²) < 4.78 is 41.2. The van der Waals surface area contributed by atoms with Gasteiger partial charge in [-0.05, 0) is 12.1 Å². The average molecular weight is 298 g/mol. The summed E-state index contributed by atoms with van der Waals surface area (Å²) in [6.45, 7) is 0. The summed E-state index contributed by atoms with van der Waals surface area (Å²) in [6.07, 6.45) is -5.16. The van der Waals surface area contributed by atoms with Crippen molar-refractivity contribution in [1.29, 1.82) is 0 Å². The second-order valence-corrected chi connectivity index (χ2v) is 3.66. The van der Waals surface area contributed by atoms with E-state index in [2.05, 4.69) is 0 Å². The van der Waals surface area contributed by atoms with Crippen molar-refractivity contribution >= 4 is 29.2 Å². The Morgan fingerprint density at radius 1 is 1.37 bits per heavy atom. The number of alkyl halides is 3. The lowest BCUT2D eigenvalue weighted by atomic mass is 10.1. The molecule has 0 aliphatic heterocycles. The van der Waals surface area contributed by atoms with Crippen LogP contribution in [0, 0.1) is 0 Å². The molecule has 1 rings (SSSR count). The number of rotatable bonds is 3. The maximum absolute atomic E-state index is 12.2. The lowest BCUT2D eigenvalue weighted by molar-refractivity contribution is -0.167. The number of carbonyl (C=O) groups is 2. The highest BCUT2D eigenvalue weighted by atomic mass is 35.5. The van der Waals surface area contributed by atoms with Crippen molar-refractivity contribution in [2.45, 2.75) is 6.18 Å². The number of halogens is 4. The van der Waals surface area contributed by atoms with Gasteiger partial charge in [-0.1, -0.05) is 11.6 Å². The molecule has 2 N–H and O–H groups in total. The van der Waals surface area contributed by atoms with Crippen LogP contribution >= 0.6 is 11.6 Å². The third-order valence-corrected chi connectivity index (χ3v) is 2.36. The number of hydrogen-bond acceptors (Lipinski definition) is 3. The quantitative estimate of drug-likeness (QED) is 0.899. The fraction of sp³-hybridized carbons (Fsp3) is 0.200. The van der Waals surface area contributed by atoms with Gasteiger partial charge in [-0.2, -0.15) is 13.2 Å². The lowest BCUT2D eigenvalue weighted by Gasteiger charge is -2.14. The molecule has 1 aromatic carbocycles. The first kappa shape index (κ1) is 15.1. The molecule has 0 aliphatic carbocycles. The highest BCUT2D eigenvalue weighted by Gasteiger charge is 2.40. The maximum Gasteiger partial charge on any atom is 0.471 e. The van der Waals surface area contributed by atoms with Gasteiger partial charge < -0.3 is 15.2 Å². The van der Waals surface area contributed by atoms with Crippen LogP contribution in [-0.4, -0.2) is 30.3 Å². The van der Waals surface area contributed by atoms with Crippen LogP contribution in [0.25, 0.3) is 0 Å². The molecule has 0 aromatic heterocycles. The molecule has 0 unspecified atom stereocenters. The minimum absolute atomic E-state index is 0.251. The zero-order chi connectivity index (χ0) is 14.8. The van der Waals surface area contributed by atoms with Crippen molar-refractivity contribution in [1.82, 2.24) is 0 Å². The molecule has 104 valence electrons. The van der Waals surface area contributed by atoms with Gasteiger partial charge in [0.05, 0.1) is 17.8 Å². The van der Waals surface area contributed by atoms with Gasteiger partial charge in [-0.25, -0.2) is 4.79 Å². The molecule has 0 bridgehead atoms. The van der Waals surface area contributed by atoms with Crippen LogP contribution in [-0.2, 0) is 4.79 Å². The Bertz CT molecular complexity index is 530. The molecule has 0 fully saturated rings. The number of carboxylic acid groups (broad SMARTS) is 1. The minimum Gasteiger partial charge on any atom is -0.495 e. The van der Waals surface area contributed by atoms with Crippen LogP contribution in [0.2, 0.25) is 5.02 Å². The summed E-state index contributed by atoms with van der Waals surface area (Å²) >= 11 is 5.58. The standard InChI is InChI=1S/C10H7ClF3NO4/c1-19-5-3-2-4(11)6(8(16)17)7(5)15-9(18)10(12,13)14/h2-3H,1H3,(H,15,18)(H,16,17). The Labute approximate surface area is 109 Å². The molecule has 5 nitrogen and oxygen atoms in total. The SMILES string of the molecule is COc1ccc(Cl)c(C(=O)O)c1NC(=O)C(F)(F)F. The molecule has 19 heavy (non-hydrogen) atoms.